The van der Waals surface area contributed by atoms with Gasteiger partial charge in [0, 0.05) is 0 Å². The molecule has 2 nitrogen and oxygen atoms in total. The zero-order valence-electron chi connectivity index (χ0n) is 8.57. The molecule has 0 aromatic heterocycles. The van der Waals surface area contributed by atoms with Gasteiger partial charge in [0.15, 0.2) is 0 Å². The van der Waals surface area contributed by atoms with E-state index in [2.05, 4.69) is 0 Å². The van der Waals surface area contributed by atoms with Crippen molar-refractivity contribution in [2.24, 2.45) is 5.92 Å². The van der Waals surface area contributed by atoms with Crippen LogP contribution in [0.3, 0.4) is 0 Å². The molecule has 0 spiro atoms. The summed E-state index contributed by atoms with van der Waals surface area (Å²) in [6.45, 7) is 2.22. The maximum absolute atomic E-state index is 12.7. The Morgan fingerprint density at radius 3 is 2.73 bits per heavy atom. The minimum Gasteiger partial charge on any atom is -0.466 e. The van der Waals surface area contributed by atoms with Crippen molar-refractivity contribution >= 4 is 5.97 Å². The van der Waals surface area contributed by atoms with E-state index in [0.29, 0.717) is 6.61 Å². The molecule has 0 heterocycles. The van der Waals surface area contributed by atoms with Crippen LogP contribution in [0.2, 0.25) is 0 Å². The summed E-state index contributed by atoms with van der Waals surface area (Å²) in [5.74, 6) is -0.168. The predicted molar refractivity (Wildman–Crippen MR) is 53.9 cm³/mol. The molecule has 0 bridgehead atoms. The molecule has 0 unspecified atom stereocenters. The van der Waals surface area contributed by atoms with Crippen molar-refractivity contribution in [3.05, 3.63) is 35.6 Å². The Morgan fingerprint density at radius 2 is 2.13 bits per heavy atom. The summed E-state index contributed by atoms with van der Waals surface area (Å²) in [6, 6.07) is 6.32. The molecule has 1 saturated carbocycles. The first-order chi connectivity index (χ1) is 7.22. The van der Waals surface area contributed by atoms with Gasteiger partial charge in [-0.05, 0) is 37.0 Å². The Balaban J connectivity index is 1.98. The second kappa shape index (κ2) is 4.01. The van der Waals surface area contributed by atoms with Gasteiger partial charge in [0.25, 0.3) is 0 Å². The van der Waals surface area contributed by atoms with Crippen molar-refractivity contribution in [2.75, 3.05) is 6.61 Å². The normalized spacial score (nSPS) is 23.6. The molecule has 15 heavy (non-hydrogen) atoms. The third-order valence-electron chi connectivity index (χ3n) is 2.68. The second-order valence-corrected chi connectivity index (χ2v) is 3.75. The summed E-state index contributed by atoms with van der Waals surface area (Å²) in [5.41, 5.74) is 1.02. The fourth-order valence-electron chi connectivity index (χ4n) is 1.78. The quantitative estimate of drug-likeness (QED) is 0.713. The fraction of sp³-hybridized carbons (Fsp3) is 0.417. The molecule has 0 radical (unpaired) electrons. The minimum absolute atomic E-state index is 0.0181. The average molecular weight is 208 g/mol. The van der Waals surface area contributed by atoms with E-state index in [1.807, 2.05) is 0 Å². The van der Waals surface area contributed by atoms with E-state index >= 15 is 0 Å². The molecule has 1 aromatic carbocycles. The van der Waals surface area contributed by atoms with Gasteiger partial charge in [-0.25, -0.2) is 4.39 Å². The van der Waals surface area contributed by atoms with Gasteiger partial charge in [-0.2, -0.15) is 0 Å². The van der Waals surface area contributed by atoms with E-state index in [1.165, 1.54) is 12.1 Å². The molecule has 2 rings (SSSR count). The Kier molecular flexibility index (Phi) is 2.71. The predicted octanol–water partition coefficient (Wildman–Crippen LogP) is 2.49. The third-order valence-corrected chi connectivity index (χ3v) is 2.68. The van der Waals surface area contributed by atoms with Crippen LogP contribution in [0.25, 0.3) is 0 Å². The number of esters is 1. The summed E-state index contributed by atoms with van der Waals surface area (Å²) in [5, 5.41) is 0. The monoisotopic (exact) mass is 208 g/mol. The number of ether oxygens (including phenoxy) is 1. The highest BCUT2D eigenvalue weighted by atomic mass is 19.1. The van der Waals surface area contributed by atoms with E-state index in [1.54, 1.807) is 19.1 Å². The number of hydrogen-bond donors (Lipinski definition) is 0. The maximum Gasteiger partial charge on any atom is 0.309 e. The Hall–Kier alpha value is -1.38. The first kappa shape index (κ1) is 10.1. The molecule has 3 heteroatoms. The van der Waals surface area contributed by atoms with E-state index in [0.717, 1.165) is 12.0 Å². The van der Waals surface area contributed by atoms with Crippen LogP contribution in [0.1, 0.15) is 24.8 Å². The van der Waals surface area contributed by atoms with Gasteiger partial charge in [-0.1, -0.05) is 12.1 Å². The van der Waals surface area contributed by atoms with E-state index < -0.39 is 0 Å². The molecule has 80 valence electrons. The minimum atomic E-state index is -0.243. The average Bonchev–Trinajstić information content (AvgIpc) is 2.99. The number of rotatable bonds is 3. The lowest BCUT2D eigenvalue weighted by Crippen LogP contribution is -2.07. The van der Waals surface area contributed by atoms with Crippen LogP contribution in [0.5, 0.6) is 0 Å². The van der Waals surface area contributed by atoms with E-state index in [9.17, 15) is 9.18 Å². The first-order valence-corrected chi connectivity index (χ1v) is 5.14. The summed E-state index contributed by atoms with van der Waals surface area (Å²) in [4.78, 5) is 11.4. The third kappa shape index (κ3) is 2.17. The van der Waals surface area contributed by atoms with Crippen LogP contribution in [0.15, 0.2) is 24.3 Å². The first-order valence-electron chi connectivity index (χ1n) is 5.14. The van der Waals surface area contributed by atoms with E-state index in [4.69, 9.17) is 4.74 Å². The SMILES string of the molecule is CCOC(=O)[C@H]1C[C@H]1c1ccc(F)cc1. The van der Waals surface area contributed by atoms with Gasteiger partial charge in [-0.3, -0.25) is 4.79 Å². The summed E-state index contributed by atoms with van der Waals surface area (Å²) < 4.78 is 17.6. The van der Waals surface area contributed by atoms with Gasteiger partial charge in [0.1, 0.15) is 5.82 Å². The smallest absolute Gasteiger partial charge is 0.309 e. The van der Waals surface area contributed by atoms with Crippen molar-refractivity contribution in [1.82, 2.24) is 0 Å². The number of carbonyl (C=O) groups is 1. The lowest BCUT2D eigenvalue weighted by Gasteiger charge is -2.01. The molecule has 0 saturated heterocycles. The number of hydrogen-bond acceptors (Lipinski definition) is 2. The van der Waals surface area contributed by atoms with Crippen LogP contribution in [0.4, 0.5) is 4.39 Å². The molecule has 1 aliphatic rings. The van der Waals surface area contributed by atoms with Crippen LogP contribution in [0, 0.1) is 11.7 Å². The van der Waals surface area contributed by atoms with Crippen molar-refractivity contribution in [3.8, 4) is 0 Å². The zero-order valence-corrected chi connectivity index (χ0v) is 8.57. The van der Waals surface area contributed by atoms with Crippen molar-refractivity contribution in [1.29, 1.82) is 0 Å². The van der Waals surface area contributed by atoms with Crippen LogP contribution in [-0.4, -0.2) is 12.6 Å². The summed E-state index contributed by atoms with van der Waals surface area (Å²) in [7, 11) is 0. The molecular weight excluding hydrogens is 195 g/mol. The maximum atomic E-state index is 12.7. The Bertz CT molecular complexity index is 358. The molecule has 0 amide bonds. The summed E-state index contributed by atoms with van der Waals surface area (Å²) >= 11 is 0. The Morgan fingerprint density at radius 1 is 1.47 bits per heavy atom. The van der Waals surface area contributed by atoms with Gasteiger partial charge in [-0.15, -0.1) is 0 Å². The standard InChI is InChI=1S/C12H13FO2/c1-2-15-12(14)11-7-10(11)8-3-5-9(13)6-4-8/h3-6,10-11H,2,7H2,1H3/t10-,11-/m0/s1. The van der Waals surface area contributed by atoms with Crippen LogP contribution < -0.4 is 0 Å². The molecular formula is C12H13FO2. The lowest BCUT2D eigenvalue weighted by atomic mass is 10.1. The summed E-state index contributed by atoms with van der Waals surface area (Å²) in [6.07, 6.45) is 0.824. The second-order valence-electron chi connectivity index (χ2n) is 3.75. The highest BCUT2D eigenvalue weighted by Gasteiger charge is 2.44. The molecule has 0 aliphatic heterocycles. The van der Waals surface area contributed by atoms with Gasteiger partial charge in [0.2, 0.25) is 0 Å². The van der Waals surface area contributed by atoms with Crippen LogP contribution >= 0.6 is 0 Å². The van der Waals surface area contributed by atoms with Crippen molar-refractivity contribution in [2.45, 2.75) is 19.3 Å². The lowest BCUT2D eigenvalue weighted by molar-refractivity contribution is -0.144. The Labute approximate surface area is 88.1 Å². The highest BCUT2D eigenvalue weighted by molar-refractivity contribution is 5.77. The molecule has 0 N–H and O–H groups in total. The van der Waals surface area contributed by atoms with Gasteiger partial charge in [0.05, 0.1) is 12.5 Å². The fourth-order valence-corrected chi connectivity index (χ4v) is 1.78. The van der Waals surface area contributed by atoms with Gasteiger partial charge < -0.3 is 4.74 Å². The topological polar surface area (TPSA) is 26.3 Å². The van der Waals surface area contributed by atoms with Gasteiger partial charge >= 0.3 is 5.97 Å². The number of benzene rings is 1. The molecule has 1 aliphatic carbocycles. The number of halogens is 1. The largest absolute Gasteiger partial charge is 0.466 e. The highest BCUT2D eigenvalue weighted by Crippen LogP contribution is 2.48. The van der Waals surface area contributed by atoms with Crippen LogP contribution in [-0.2, 0) is 9.53 Å². The molecule has 2 atom stereocenters. The number of carbonyl (C=O) groups excluding carboxylic acids is 1. The van der Waals surface area contributed by atoms with Crippen molar-refractivity contribution < 1.29 is 13.9 Å². The zero-order chi connectivity index (χ0) is 10.8. The molecule has 1 fully saturated rings. The van der Waals surface area contributed by atoms with Crippen molar-refractivity contribution in [3.63, 3.8) is 0 Å². The van der Waals surface area contributed by atoms with E-state index in [-0.39, 0.29) is 23.6 Å². The molecule has 1 aromatic rings.